The van der Waals surface area contributed by atoms with Gasteiger partial charge in [-0.3, -0.25) is 0 Å². The van der Waals surface area contributed by atoms with Gasteiger partial charge in [-0.25, -0.2) is 18.6 Å². The number of benzene rings is 2. The van der Waals surface area contributed by atoms with Crippen molar-refractivity contribution >= 4 is 32.9 Å². The van der Waals surface area contributed by atoms with Crippen molar-refractivity contribution in [2.24, 2.45) is 0 Å². The lowest BCUT2D eigenvalue weighted by molar-refractivity contribution is 0.552. The first-order valence-corrected chi connectivity index (χ1v) is 9.16. The number of pyridine rings is 1. The van der Waals surface area contributed by atoms with Gasteiger partial charge in [-0.1, -0.05) is 0 Å². The van der Waals surface area contributed by atoms with Crippen LogP contribution in [0.25, 0.3) is 32.9 Å². The van der Waals surface area contributed by atoms with E-state index in [1.807, 2.05) is 6.07 Å². The fourth-order valence-corrected chi connectivity index (χ4v) is 3.86. The number of aryl methyl sites for hydroxylation is 1. The van der Waals surface area contributed by atoms with Gasteiger partial charge in [-0.05, 0) is 55.0 Å². The highest BCUT2D eigenvalue weighted by molar-refractivity contribution is 6.18. The maximum Gasteiger partial charge on any atom is 0.362 e. The standard InChI is InChI=1S/C23H13F2N3O2/c1-12-7-16-19(9-18(12)25)28(11-14-8-13(10-26)4-5-17(14)24)21-20(16)15-3-2-6-27-22(15)30-23(21)29/h2-9H,11H2,1H3. The molecule has 0 aliphatic rings. The summed E-state index contributed by atoms with van der Waals surface area (Å²) in [5.74, 6) is -0.965. The Labute approximate surface area is 168 Å². The van der Waals surface area contributed by atoms with Crippen LogP contribution in [0.2, 0.25) is 0 Å². The molecule has 0 spiro atoms. The molecule has 3 heterocycles. The van der Waals surface area contributed by atoms with E-state index in [0.717, 1.165) is 0 Å². The lowest BCUT2D eigenvalue weighted by atomic mass is 10.1. The predicted octanol–water partition coefficient (Wildman–Crippen LogP) is 4.80. The third kappa shape index (κ3) is 2.58. The van der Waals surface area contributed by atoms with Crippen LogP contribution in [0.15, 0.2) is 57.9 Å². The molecule has 5 aromatic rings. The third-order valence-electron chi connectivity index (χ3n) is 5.27. The van der Waals surface area contributed by atoms with E-state index >= 15 is 0 Å². The fourth-order valence-electron chi connectivity index (χ4n) is 3.86. The lowest BCUT2D eigenvalue weighted by Gasteiger charge is -2.09. The van der Waals surface area contributed by atoms with Crippen molar-refractivity contribution in [3.05, 3.63) is 87.4 Å². The first kappa shape index (κ1) is 18.0. The van der Waals surface area contributed by atoms with Gasteiger partial charge in [-0.15, -0.1) is 0 Å². The van der Waals surface area contributed by atoms with Crippen molar-refractivity contribution < 1.29 is 13.2 Å². The van der Waals surface area contributed by atoms with E-state index in [1.54, 1.807) is 25.1 Å². The van der Waals surface area contributed by atoms with Crippen molar-refractivity contribution in [2.75, 3.05) is 0 Å². The van der Waals surface area contributed by atoms with Crippen molar-refractivity contribution in [1.82, 2.24) is 9.55 Å². The number of rotatable bonds is 2. The molecule has 5 rings (SSSR count). The van der Waals surface area contributed by atoms with Gasteiger partial charge in [0, 0.05) is 27.9 Å². The summed E-state index contributed by atoms with van der Waals surface area (Å²) in [5.41, 5.74) is 1.06. The molecule has 146 valence electrons. The highest BCUT2D eigenvalue weighted by Crippen LogP contribution is 2.34. The molecule has 0 atom stereocenters. The Hall–Kier alpha value is -4.05. The van der Waals surface area contributed by atoms with Crippen LogP contribution in [-0.4, -0.2) is 9.55 Å². The molecule has 0 unspecified atom stereocenters. The molecule has 5 nitrogen and oxygen atoms in total. The second kappa shape index (κ2) is 6.49. The molecule has 30 heavy (non-hydrogen) atoms. The Morgan fingerprint density at radius 1 is 1.13 bits per heavy atom. The molecule has 7 heteroatoms. The van der Waals surface area contributed by atoms with E-state index in [2.05, 4.69) is 4.98 Å². The summed E-state index contributed by atoms with van der Waals surface area (Å²) < 4.78 is 35.9. The normalized spacial score (nSPS) is 11.4. The molecule has 0 saturated carbocycles. The summed E-state index contributed by atoms with van der Waals surface area (Å²) >= 11 is 0. The van der Waals surface area contributed by atoms with Crippen molar-refractivity contribution in [1.29, 1.82) is 5.26 Å². The molecule has 0 amide bonds. The van der Waals surface area contributed by atoms with E-state index < -0.39 is 17.3 Å². The molecular formula is C23H13F2N3O2. The Morgan fingerprint density at radius 3 is 2.77 bits per heavy atom. The molecule has 0 radical (unpaired) electrons. The highest BCUT2D eigenvalue weighted by Gasteiger charge is 2.21. The Balaban J connectivity index is 1.94. The minimum absolute atomic E-state index is 0.0691. The predicted molar refractivity (Wildman–Crippen MR) is 108 cm³/mol. The molecule has 3 aromatic heterocycles. The topological polar surface area (TPSA) is 71.8 Å². The van der Waals surface area contributed by atoms with Gasteiger partial charge in [0.05, 0.1) is 23.7 Å². The molecular weight excluding hydrogens is 388 g/mol. The number of fused-ring (bicyclic) bond motifs is 5. The van der Waals surface area contributed by atoms with E-state index in [0.29, 0.717) is 27.2 Å². The number of hydrogen-bond acceptors (Lipinski definition) is 4. The van der Waals surface area contributed by atoms with Crippen LogP contribution in [-0.2, 0) is 6.54 Å². The maximum atomic E-state index is 14.5. The van der Waals surface area contributed by atoms with Gasteiger partial charge >= 0.3 is 5.63 Å². The van der Waals surface area contributed by atoms with Gasteiger partial charge in [0.25, 0.3) is 0 Å². The van der Waals surface area contributed by atoms with Crippen LogP contribution in [0.5, 0.6) is 0 Å². The summed E-state index contributed by atoms with van der Waals surface area (Å²) in [7, 11) is 0. The zero-order valence-electron chi connectivity index (χ0n) is 15.7. The smallest absolute Gasteiger partial charge is 0.362 e. The van der Waals surface area contributed by atoms with Crippen LogP contribution in [0.3, 0.4) is 0 Å². The average molecular weight is 401 g/mol. The molecule has 0 bridgehead atoms. The maximum absolute atomic E-state index is 14.5. The Bertz CT molecular complexity index is 1590. The van der Waals surface area contributed by atoms with Crippen molar-refractivity contribution in [3.63, 3.8) is 0 Å². The minimum Gasteiger partial charge on any atom is -0.402 e. The van der Waals surface area contributed by atoms with Crippen LogP contribution in [0.1, 0.15) is 16.7 Å². The molecule has 0 fully saturated rings. The molecule has 0 saturated heterocycles. The fraction of sp³-hybridized carbons (Fsp3) is 0.0870. The SMILES string of the molecule is Cc1cc2c3c4cccnc4oc(=O)c3n(Cc3cc(C#N)ccc3F)c2cc1F. The lowest BCUT2D eigenvalue weighted by Crippen LogP contribution is -2.10. The summed E-state index contributed by atoms with van der Waals surface area (Å²) in [5, 5.41) is 11.0. The van der Waals surface area contributed by atoms with Gasteiger partial charge < -0.3 is 8.98 Å². The summed E-state index contributed by atoms with van der Waals surface area (Å²) in [6, 6.07) is 12.5. The number of nitrogens with zero attached hydrogens (tertiary/aromatic N) is 3. The van der Waals surface area contributed by atoms with Crippen LogP contribution in [0.4, 0.5) is 8.78 Å². The molecule has 2 aromatic carbocycles. The zero-order valence-corrected chi connectivity index (χ0v) is 15.7. The first-order chi connectivity index (χ1) is 14.5. The van der Waals surface area contributed by atoms with Gasteiger partial charge in [0.1, 0.15) is 17.2 Å². The van der Waals surface area contributed by atoms with Gasteiger partial charge in [-0.2, -0.15) is 5.26 Å². The van der Waals surface area contributed by atoms with Crippen LogP contribution >= 0.6 is 0 Å². The second-order valence-corrected chi connectivity index (χ2v) is 7.09. The zero-order chi connectivity index (χ0) is 21.0. The summed E-state index contributed by atoms with van der Waals surface area (Å²) in [6.07, 6.45) is 1.52. The van der Waals surface area contributed by atoms with Crippen molar-refractivity contribution in [2.45, 2.75) is 13.5 Å². The number of halogens is 2. The molecule has 0 aliphatic carbocycles. The number of aromatic nitrogens is 2. The highest BCUT2D eigenvalue weighted by atomic mass is 19.1. The largest absolute Gasteiger partial charge is 0.402 e. The summed E-state index contributed by atoms with van der Waals surface area (Å²) in [4.78, 5) is 17.0. The Morgan fingerprint density at radius 2 is 1.97 bits per heavy atom. The van der Waals surface area contributed by atoms with E-state index in [1.165, 1.54) is 35.0 Å². The van der Waals surface area contributed by atoms with Gasteiger partial charge in [0.2, 0.25) is 5.71 Å². The summed E-state index contributed by atoms with van der Waals surface area (Å²) in [6.45, 7) is 1.57. The van der Waals surface area contributed by atoms with E-state index in [4.69, 9.17) is 9.68 Å². The molecule has 0 N–H and O–H groups in total. The van der Waals surface area contributed by atoms with Crippen LogP contribution < -0.4 is 5.63 Å². The van der Waals surface area contributed by atoms with Gasteiger partial charge in [0.15, 0.2) is 0 Å². The van der Waals surface area contributed by atoms with Crippen molar-refractivity contribution in [3.8, 4) is 6.07 Å². The monoisotopic (exact) mass is 401 g/mol. The third-order valence-corrected chi connectivity index (χ3v) is 5.27. The molecule has 0 aliphatic heterocycles. The van der Waals surface area contributed by atoms with E-state index in [9.17, 15) is 13.6 Å². The van der Waals surface area contributed by atoms with E-state index in [-0.39, 0.29) is 28.9 Å². The van der Waals surface area contributed by atoms with Crippen LogP contribution in [0, 0.1) is 29.9 Å². The quantitative estimate of drug-likeness (QED) is 0.426. The Kier molecular flexibility index (Phi) is 3.90. The number of nitriles is 1. The first-order valence-electron chi connectivity index (χ1n) is 9.16. The average Bonchev–Trinajstić information content (AvgIpc) is 3.04. The second-order valence-electron chi connectivity index (χ2n) is 7.09. The minimum atomic E-state index is -0.651. The number of hydrogen-bond donors (Lipinski definition) is 0.